The van der Waals surface area contributed by atoms with E-state index in [-0.39, 0.29) is 12.0 Å². The second-order valence-electron chi connectivity index (χ2n) is 7.15. The van der Waals surface area contributed by atoms with Crippen LogP contribution in [0.4, 0.5) is 5.82 Å². The molecular weight excluding hydrogens is 400 g/mol. The maximum atomic E-state index is 12.9. The molecule has 1 N–H and O–H groups in total. The van der Waals surface area contributed by atoms with Gasteiger partial charge in [0.25, 0.3) is 5.91 Å². The summed E-state index contributed by atoms with van der Waals surface area (Å²) in [5, 5.41) is 3.71. The second kappa shape index (κ2) is 9.24. The van der Waals surface area contributed by atoms with Crippen molar-refractivity contribution >= 4 is 23.3 Å². The van der Waals surface area contributed by atoms with Crippen molar-refractivity contribution in [1.82, 2.24) is 14.9 Å². The van der Waals surface area contributed by atoms with Crippen molar-refractivity contribution in [2.24, 2.45) is 0 Å². The average molecular weight is 423 g/mol. The lowest BCUT2D eigenvalue weighted by Crippen LogP contribution is -2.42. The van der Waals surface area contributed by atoms with Gasteiger partial charge in [-0.3, -0.25) is 9.78 Å². The third-order valence-corrected chi connectivity index (χ3v) is 5.52. The van der Waals surface area contributed by atoms with Gasteiger partial charge in [-0.2, -0.15) is 0 Å². The molecule has 2 aromatic heterocycles. The predicted octanol–water partition coefficient (Wildman–Crippen LogP) is 3.98. The van der Waals surface area contributed by atoms with E-state index in [0.717, 1.165) is 28.3 Å². The van der Waals surface area contributed by atoms with Crippen molar-refractivity contribution in [3.05, 3.63) is 88.3 Å². The van der Waals surface area contributed by atoms with Gasteiger partial charge in [0, 0.05) is 43.0 Å². The van der Waals surface area contributed by atoms with Crippen LogP contribution in [0.25, 0.3) is 0 Å². The number of benzene rings is 1. The summed E-state index contributed by atoms with van der Waals surface area (Å²) in [6, 6.07) is 15.3. The van der Waals surface area contributed by atoms with Gasteiger partial charge in [0.15, 0.2) is 0 Å². The molecule has 30 heavy (non-hydrogen) atoms. The number of halogens is 1. The number of anilines is 1. The minimum atomic E-state index is -0.248. The Morgan fingerprint density at radius 1 is 1.23 bits per heavy atom. The topological polar surface area (TPSA) is 67.4 Å². The predicted molar refractivity (Wildman–Crippen MR) is 117 cm³/mol. The number of nitrogens with one attached hydrogen (secondary N) is 1. The first kappa shape index (κ1) is 20.3. The molecule has 3 heterocycles. The standard InChI is InChI=1S/C23H23ClN4O2/c1-25-22-13-18(8-9-26-22)23(29)28-10-11-30-21(15-28)20-7-6-16(14-27-20)12-17-4-2-3-5-19(17)24/h2-9,13-14,21H,10-12,15H2,1H3,(H,25,26). The minimum absolute atomic E-state index is 0.0301. The summed E-state index contributed by atoms with van der Waals surface area (Å²) in [7, 11) is 1.78. The van der Waals surface area contributed by atoms with Crippen molar-refractivity contribution < 1.29 is 9.53 Å². The minimum Gasteiger partial charge on any atom is -0.373 e. The fourth-order valence-corrected chi connectivity index (χ4v) is 3.69. The number of pyridine rings is 2. The van der Waals surface area contributed by atoms with E-state index in [2.05, 4.69) is 15.3 Å². The highest BCUT2D eigenvalue weighted by molar-refractivity contribution is 6.31. The Balaban J connectivity index is 1.44. The number of nitrogens with zero attached hydrogens (tertiary/aromatic N) is 3. The van der Waals surface area contributed by atoms with Crippen molar-refractivity contribution in [1.29, 1.82) is 0 Å². The molecule has 154 valence electrons. The molecule has 0 spiro atoms. The van der Waals surface area contributed by atoms with Gasteiger partial charge in [0.1, 0.15) is 11.9 Å². The Bertz CT molecular complexity index is 1030. The highest BCUT2D eigenvalue weighted by Crippen LogP contribution is 2.24. The third kappa shape index (κ3) is 4.61. The Morgan fingerprint density at radius 2 is 2.10 bits per heavy atom. The first-order chi connectivity index (χ1) is 14.6. The number of carbonyl (C=O) groups is 1. The zero-order chi connectivity index (χ0) is 20.9. The quantitative estimate of drug-likeness (QED) is 0.673. The maximum Gasteiger partial charge on any atom is 0.254 e. The summed E-state index contributed by atoms with van der Waals surface area (Å²) < 4.78 is 5.90. The smallest absolute Gasteiger partial charge is 0.254 e. The SMILES string of the molecule is CNc1cc(C(=O)N2CCOC(c3ccc(Cc4ccccc4Cl)cn3)C2)ccn1. The summed E-state index contributed by atoms with van der Waals surface area (Å²) in [6.07, 6.45) is 3.96. The first-order valence-corrected chi connectivity index (χ1v) is 10.2. The van der Waals surface area contributed by atoms with Gasteiger partial charge in [-0.05, 0) is 35.4 Å². The summed E-state index contributed by atoms with van der Waals surface area (Å²) in [4.78, 5) is 23.5. The van der Waals surface area contributed by atoms with Crippen LogP contribution in [0.2, 0.25) is 5.02 Å². The molecule has 1 aliphatic heterocycles. The molecule has 7 heteroatoms. The fraction of sp³-hybridized carbons (Fsp3) is 0.261. The van der Waals surface area contributed by atoms with E-state index >= 15 is 0 Å². The van der Waals surface area contributed by atoms with Crippen LogP contribution in [0.15, 0.2) is 60.9 Å². The van der Waals surface area contributed by atoms with Gasteiger partial charge >= 0.3 is 0 Å². The van der Waals surface area contributed by atoms with Crippen molar-refractivity contribution in [2.45, 2.75) is 12.5 Å². The number of hydrogen-bond donors (Lipinski definition) is 1. The lowest BCUT2D eigenvalue weighted by molar-refractivity contribution is -0.0247. The monoisotopic (exact) mass is 422 g/mol. The molecule has 1 aliphatic rings. The highest BCUT2D eigenvalue weighted by atomic mass is 35.5. The molecule has 1 aromatic carbocycles. The van der Waals surface area contributed by atoms with Gasteiger partial charge in [0.05, 0.1) is 18.8 Å². The van der Waals surface area contributed by atoms with Gasteiger partial charge in [-0.1, -0.05) is 35.9 Å². The molecule has 1 saturated heterocycles. The van der Waals surface area contributed by atoms with E-state index in [1.165, 1.54) is 0 Å². The lowest BCUT2D eigenvalue weighted by Gasteiger charge is -2.32. The van der Waals surface area contributed by atoms with Crippen LogP contribution in [0, 0.1) is 0 Å². The molecule has 6 nitrogen and oxygen atoms in total. The van der Waals surface area contributed by atoms with E-state index in [4.69, 9.17) is 16.3 Å². The van der Waals surface area contributed by atoms with Crippen molar-refractivity contribution in [3.8, 4) is 0 Å². The van der Waals surface area contributed by atoms with Crippen LogP contribution in [0.3, 0.4) is 0 Å². The van der Waals surface area contributed by atoms with E-state index < -0.39 is 0 Å². The Morgan fingerprint density at radius 3 is 2.87 bits per heavy atom. The molecule has 3 aromatic rings. The maximum absolute atomic E-state index is 12.9. The summed E-state index contributed by atoms with van der Waals surface area (Å²) in [6.45, 7) is 1.49. The van der Waals surface area contributed by atoms with Crippen molar-refractivity contribution in [2.75, 3.05) is 32.1 Å². The van der Waals surface area contributed by atoms with Crippen molar-refractivity contribution in [3.63, 3.8) is 0 Å². The third-order valence-electron chi connectivity index (χ3n) is 5.15. The number of amides is 1. The molecule has 0 radical (unpaired) electrons. The molecule has 0 saturated carbocycles. The largest absolute Gasteiger partial charge is 0.373 e. The van der Waals surface area contributed by atoms with E-state index in [1.807, 2.05) is 47.5 Å². The Kier molecular flexibility index (Phi) is 6.26. The molecule has 1 atom stereocenters. The summed E-state index contributed by atoms with van der Waals surface area (Å²) in [5.41, 5.74) is 3.57. The molecule has 1 unspecified atom stereocenters. The highest BCUT2D eigenvalue weighted by Gasteiger charge is 2.27. The summed E-state index contributed by atoms with van der Waals surface area (Å²) in [5.74, 6) is 0.638. The molecular formula is C23H23ClN4O2. The number of aromatic nitrogens is 2. The molecule has 0 aliphatic carbocycles. The lowest BCUT2D eigenvalue weighted by atomic mass is 10.1. The number of ether oxygens (including phenoxy) is 1. The first-order valence-electron chi connectivity index (χ1n) is 9.87. The number of morpholine rings is 1. The van der Waals surface area contributed by atoms with Crippen LogP contribution in [0.5, 0.6) is 0 Å². The average Bonchev–Trinajstić information content (AvgIpc) is 2.81. The van der Waals surface area contributed by atoms with E-state index in [1.54, 1.807) is 25.4 Å². The molecule has 4 rings (SSSR count). The molecule has 1 fully saturated rings. The number of carbonyl (C=O) groups excluding carboxylic acids is 1. The molecule has 1 amide bonds. The Hall–Kier alpha value is -2.96. The second-order valence-corrected chi connectivity index (χ2v) is 7.56. The van der Waals surface area contributed by atoms with E-state index in [0.29, 0.717) is 31.1 Å². The fourth-order valence-electron chi connectivity index (χ4n) is 3.49. The van der Waals surface area contributed by atoms with Gasteiger partial charge < -0.3 is 15.0 Å². The van der Waals surface area contributed by atoms with Crippen LogP contribution < -0.4 is 5.32 Å². The van der Waals surface area contributed by atoms with Gasteiger partial charge in [-0.25, -0.2) is 4.98 Å². The zero-order valence-electron chi connectivity index (χ0n) is 16.7. The normalized spacial score (nSPS) is 16.3. The zero-order valence-corrected chi connectivity index (χ0v) is 17.5. The van der Waals surface area contributed by atoms with Crippen LogP contribution >= 0.6 is 11.6 Å². The Labute approximate surface area is 180 Å². The number of hydrogen-bond acceptors (Lipinski definition) is 5. The van der Waals surface area contributed by atoms with Gasteiger partial charge in [-0.15, -0.1) is 0 Å². The molecule has 0 bridgehead atoms. The number of rotatable bonds is 5. The van der Waals surface area contributed by atoms with Gasteiger partial charge in [0.2, 0.25) is 0 Å². The van der Waals surface area contributed by atoms with E-state index in [9.17, 15) is 4.79 Å². The summed E-state index contributed by atoms with van der Waals surface area (Å²) >= 11 is 6.26. The van der Waals surface area contributed by atoms with Crippen LogP contribution in [-0.2, 0) is 11.2 Å². The van der Waals surface area contributed by atoms with Crippen LogP contribution in [-0.4, -0.2) is 47.5 Å². The van der Waals surface area contributed by atoms with Crippen LogP contribution in [0.1, 0.15) is 33.3 Å².